The monoisotopic (exact) mass is 384 g/mol. The van der Waals surface area contributed by atoms with Crippen molar-refractivity contribution >= 4 is 17.7 Å². The molecule has 0 radical (unpaired) electrons. The Hall–Kier alpha value is -2.04. The zero-order chi connectivity index (χ0) is 18.8. The molecular formula is C22H25ClN2O2. The molecule has 5 heteroatoms. The highest BCUT2D eigenvalue weighted by Crippen LogP contribution is 2.30. The van der Waals surface area contributed by atoms with E-state index in [2.05, 4.69) is 35.3 Å². The Bertz CT molecular complexity index is 822. The molecule has 0 bridgehead atoms. The fraction of sp³-hybridized carbons (Fsp3) is 0.409. The predicted octanol–water partition coefficient (Wildman–Crippen LogP) is 4.81. The third-order valence-electron chi connectivity index (χ3n) is 5.71. The van der Waals surface area contributed by atoms with E-state index in [4.69, 9.17) is 16.3 Å². The molecule has 2 heterocycles. The summed E-state index contributed by atoms with van der Waals surface area (Å²) in [6.07, 6.45) is 3.30. The molecule has 2 aromatic rings. The molecule has 2 aliphatic rings. The highest BCUT2D eigenvalue weighted by Gasteiger charge is 2.23. The van der Waals surface area contributed by atoms with Crippen LogP contribution in [0.15, 0.2) is 42.5 Å². The molecule has 2 aromatic carbocycles. The van der Waals surface area contributed by atoms with E-state index in [-0.39, 0.29) is 12.1 Å². The molecule has 0 spiro atoms. The van der Waals surface area contributed by atoms with Crippen LogP contribution in [0.25, 0.3) is 11.1 Å². The van der Waals surface area contributed by atoms with Crippen molar-refractivity contribution in [1.29, 1.82) is 0 Å². The third-order valence-corrected chi connectivity index (χ3v) is 6.02. The molecule has 2 saturated heterocycles. The number of nitrogens with zero attached hydrogens (tertiary/aromatic N) is 1. The lowest BCUT2D eigenvalue weighted by Gasteiger charge is -2.20. The Morgan fingerprint density at radius 1 is 1.22 bits per heavy atom. The SMILES string of the molecule is C[C@@H]1CCCN1CCc1ccc(-c2ccc([C@@H]3COC(=O)N3)cc2)c(Cl)c1. The van der Waals surface area contributed by atoms with Gasteiger partial charge in [-0.3, -0.25) is 0 Å². The van der Waals surface area contributed by atoms with Crippen molar-refractivity contribution in [3.05, 3.63) is 58.6 Å². The van der Waals surface area contributed by atoms with Gasteiger partial charge in [0.1, 0.15) is 6.61 Å². The van der Waals surface area contributed by atoms with Crippen molar-refractivity contribution in [3.8, 4) is 11.1 Å². The summed E-state index contributed by atoms with van der Waals surface area (Å²) in [5, 5.41) is 3.58. The van der Waals surface area contributed by atoms with Crippen molar-refractivity contribution in [1.82, 2.24) is 10.2 Å². The van der Waals surface area contributed by atoms with Gasteiger partial charge in [-0.1, -0.05) is 48.0 Å². The van der Waals surface area contributed by atoms with Gasteiger partial charge in [0.25, 0.3) is 0 Å². The van der Waals surface area contributed by atoms with Gasteiger partial charge in [-0.2, -0.15) is 0 Å². The van der Waals surface area contributed by atoms with E-state index < -0.39 is 0 Å². The van der Waals surface area contributed by atoms with Crippen LogP contribution >= 0.6 is 11.6 Å². The maximum absolute atomic E-state index is 11.2. The van der Waals surface area contributed by atoms with Crippen LogP contribution in [-0.2, 0) is 11.2 Å². The van der Waals surface area contributed by atoms with Gasteiger partial charge in [0.15, 0.2) is 0 Å². The van der Waals surface area contributed by atoms with Gasteiger partial charge >= 0.3 is 6.09 Å². The van der Waals surface area contributed by atoms with Crippen LogP contribution in [0.3, 0.4) is 0 Å². The second-order valence-corrected chi connectivity index (χ2v) is 7.92. The molecule has 0 saturated carbocycles. The quantitative estimate of drug-likeness (QED) is 0.803. The summed E-state index contributed by atoms with van der Waals surface area (Å²) in [5.74, 6) is 0. The molecule has 4 rings (SSSR count). The number of carbonyl (C=O) groups is 1. The molecule has 1 amide bonds. The molecule has 27 heavy (non-hydrogen) atoms. The minimum absolute atomic E-state index is 0.0719. The first-order valence-electron chi connectivity index (χ1n) is 9.66. The lowest BCUT2D eigenvalue weighted by Crippen LogP contribution is -2.28. The second-order valence-electron chi connectivity index (χ2n) is 7.51. The molecule has 0 aliphatic carbocycles. The van der Waals surface area contributed by atoms with E-state index in [1.807, 2.05) is 24.3 Å². The van der Waals surface area contributed by atoms with Crippen LogP contribution in [0.5, 0.6) is 0 Å². The highest BCUT2D eigenvalue weighted by atomic mass is 35.5. The van der Waals surface area contributed by atoms with E-state index in [9.17, 15) is 4.79 Å². The molecule has 1 N–H and O–H groups in total. The smallest absolute Gasteiger partial charge is 0.407 e. The molecule has 2 aliphatic heterocycles. The molecule has 4 nitrogen and oxygen atoms in total. The Kier molecular flexibility index (Phi) is 5.37. The number of amides is 1. The average Bonchev–Trinajstić information content (AvgIpc) is 3.28. The minimum atomic E-state index is -0.356. The highest BCUT2D eigenvalue weighted by molar-refractivity contribution is 6.33. The van der Waals surface area contributed by atoms with Gasteiger partial charge in [0.05, 0.1) is 6.04 Å². The first-order chi connectivity index (χ1) is 13.1. The number of hydrogen-bond acceptors (Lipinski definition) is 3. The van der Waals surface area contributed by atoms with Gasteiger partial charge in [0.2, 0.25) is 0 Å². The topological polar surface area (TPSA) is 41.6 Å². The lowest BCUT2D eigenvalue weighted by atomic mass is 9.99. The number of cyclic esters (lactones) is 1. The zero-order valence-corrected chi connectivity index (χ0v) is 16.3. The standard InChI is InChI=1S/C22H25ClN2O2/c1-15-3-2-11-25(15)12-10-16-4-9-19(20(23)13-16)17-5-7-18(8-6-17)21-14-27-22(26)24-21/h4-9,13,15,21H,2-3,10-12,14H2,1H3,(H,24,26)/t15-,21+/m1/s1. The van der Waals surface area contributed by atoms with Crippen LogP contribution in [0, 0.1) is 0 Å². The van der Waals surface area contributed by atoms with Crippen LogP contribution in [-0.4, -0.2) is 36.7 Å². The fourth-order valence-electron chi connectivity index (χ4n) is 4.01. The van der Waals surface area contributed by atoms with E-state index in [1.54, 1.807) is 0 Å². The first kappa shape index (κ1) is 18.3. The second kappa shape index (κ2) is 7.91. The van der Waals surface area contributed by atoms with Crippen LogP contribution in [0.4, 0.5) is 4.79 Å². The zero-order valence-electron chi connectivity index (χ0n) is 15.6. The van der Waals surface area contributed by atoms with Gasteiger partial charge in [0, 0.05) is 23.2 Å². The van der Waals surface area contributed by atoms with E-state index in [0.717, 1.165) is 34.7 Å². The number of ether oxygens (including phenoxy) is 1. The van der Waals surface area contributed by atoms with Gasteiger partial charge in [-0.05, 0) is 55.5 Å². The average molecular weight is 385 g/mol. The van der Waals surface area contributed by atoms with Crippen molar-refractivity contribution in [3.63, 3.8) is 0 Å². The molecule has 142 valence electrons. The fourth-order valence-corrected chi connectivity index (χ4v) is 4.32. The third kappa shape index (κ3) is 4.12. The number of nitrogens with one attached hydrogen (secondary N) is 1. The lowest BCUT2D eigenvalue weighted by molar-refractivity contribution is 0.177. The van der Waals surface area contributed by atoms with Crippen molar-refractivity contribution in [2.24, 2.45) is 0 Å². The summed E-state index contributed by atoms with van der Waals surface area (Å²) in [6, 6.07) is 15.2. The summed E-state index contributed by atoms with van der Waals surface area (Å²) in [6.45, 7) is 5.01. The Labute approximate surface area is 165 Å². The van der Waals surface area contributed by atoms with E-state index >= 15 is 0 Å². The summed E-state index contributed by atoms with van der Waals surface area (Å²) in [4.78, 5) is 13.8. The van der Waals surface area contributed by atoms with Crippen molar-refractivity contribution in [2.75, 3.05) is 19.7 Å². The van der Waals surface area contributed by atoms with Crippen LogP contribution < -0.4 is 5.32 Å². The van der Waals surface area contributed by atoms with Gasteiger partial charge in [-0.25, -0.2) is 4.79 Å². The van der Waals surface area contributed by atoms with Crippen molar-refractivity contribution in [2.45, 2.75) is 38.3 Å². The largest absolute Gasteiger partial charge is 0.447 e. The van der Waals surface area contributed by atoms with Crippen molar-refractivity contribution < 1.29 is 9.53 Å². The number of hydrogen-bond donors (Lipinski definition) is 1. The maximum atomic E-state index is 11.2. The summed E-state index contributed by atoms with van der Waals surface area (Å²) < 4.78 is 4.96. The molecule has 0 aromatic heterocycles. The summed E-state index contributed by atoms with van der Waals surface area (Å²) in [7, 11) is 0. The summed E-state index contributed by atoms with van der Waals surface area (Å²) >= 11 is 6.58. The number of rotatable bonds is 5. The maximum Gasteiger partial charge on any atom is 0.407 e. The van der Waals surface area contributed by atoms with Gasteiger partial charge < -0.3 is 15.0 Å². The first-order valence-corrected chi connectivity index (χ1v) is 10.0. The number of benzene rings is 2. The number of likely N-dealkylation sites (tertiary alicyclic amines) is 1. The molecular weight excluding hydrogens is 360 g/mol. The van der Waals surface area contributed by atoms with E-state index in [0.29, 0.717) is 12.6 Å². The molecule has 2 fully saturated rings. The van der Waals surface area contributed by atoms with Gasteiger partial charge in [-0.15, -0.1) is 0 Å². The van der Waals surface area contributed by atoms with Crippen LogP contribution in [0.1, 0.15) is 36.9 Å². The molecule has 2 atom stereocenters. The minimum Gasteiger partial charge on any atom is -0.447 e. The van der Waals surface area contributed by atoms with E-state index in [1.165, 1.54) is 24.9 Å². The normalized spacial score (nSPS) is 22.7. The Morgan fingerprint density at radius 2 is 2.04 bits per heavy atom. The number of carbonyl (C=O) groups excluding carboxylic acids is 1. The number of halogens is 1. The predicted molar refractivity (Wildman–Crippen MR) is 108 cm³/mol. The number of alkyl carbamates (subject to hydrolysis) is 1. The Morgan fingerprint density at radius 3 is 2.67 bits per heavy atom. The Balaban J connectivity index is 1.43. The molecule has 0 unspecified atom stereocenters. The van der Waals surface area contributed by atoms with Crippen LogP contribution in [0.2, 0.25) is 5.02 Å². The summed E-state index contributed by atoms with van der Waals surface area (Å²) in [5.41, 5.74) is 4.43.